The molecule has 4 N–H and O–H groups in total. The Morgan fingerprint density at radius 3 is 2.36 bits per heavy atom. The minimum absolute atomic E-state index is 0.314. The van der Waals surface area contributed by atoms with E-state index in [4.69, 9.17) is 10.2 Å². The second kappa shape index (κ2) is 4.19. The Labute approximate surface area is 82.1 Å². The Morgan fingerprint density at radius 1 is 1.14 bits per heavy atom. The average Bonchev–Trinajstić information content (AvgIpc) is 2.13. The number of aryl methyl sites for hydroxylation is 1. The lowest BCUT2D eigenvalue weighted by atomic mass is 10.1. The maximum Gasteiger partial charge on any atom is 0.200 e. The first-order valence-corrected chi connectivity index (χ1v) is 4.43. The molecule has 4 nitrogen and oxygen atoms in total. The van der Waals surface area contributed by atoms with Gasteiger partial charge in [0.25, 0.3) is 0 Å². The summed E-state index contributed by atoms with van der Waals surface area (Å²) < 4.78 is 0. The normalized spacial score (nSPS) is 12.7. The lowest BCUT2D eigenvalue weighted by molar-refractivity contribution is 0.184. The number of aromatic hydroxyl groups is 3. The number of aliphatic hydroxyl groups is 1. The van der Waals surface area contributed by atoms with E-state index in [1.807, 2.05) is 0 Å². The SMILES string of the molecule is C[C@@H](O)CCc1ccc(O)c(O)c1O. The molecule has 0 bridgehead atoms. The molecule has 78 valence electrons. The smallest absolute Gasteiger partial charge is 0.200 e. The van der Waals surface area contributed by atoms with Gasteiger partial charge in [0, 0.05) is 0 Å². The molecule has 0 heterocycles. The monoisotopic (exact) mass is 198 g/mol. The predicted octanol–water partition coefficient (Wildman–Crippen LogP) is 1.12. The Balaban J connectivity index is 2.83. The first kappa shape index (κ1) is 10.7. The van der Waals surface area contributed by atoms with Gasteiger partial charge in [-0.05, 0) is 31.4 Å². The molecule has 0 aliphatic rings. The van der Waals surface area contributed by atoms with Crippen LogP contribution in [0.15, 0.2) is 12.1 Å². The maximum atomic E-state index is 9.40. The summed E-state index contributed by atoms with van der Waals surface area (Å²) in [6.45, 7) is 1.65. The molecule has 1 aromatic rings. The predicted molar refractivity (Wildman–Crippen MR) is 51.4 cm³/mol. The third-order valence-corrected chi connectivity index (χ3v) is 2.04. The van der Waals surface area contributed by atoms with Crippen molar-refractivity contribution < 1.29 is 20.4 Å². The first-order chi connectivity index (χ1) is 6.52. The van der Waals surface area contributed by atoms with Gasteiger partial charge in [-0.2, -0.15) is 0 Å². The van der Waals surface area contributed by atoms with Crippen molar-refractivity contribution in [3.05, 3.63) is 17.7 Å². The zero-order valence-electron chi connectivity index (χ0n) is 7.94. The van der Waals surface area contributed by atoms with E-state index in [0.29, 0.717) is 18.4 Å². The molecule has 0 amide bonds. The number of phenolic OH excluding ortho intramolecular Hbond substituents is 3. The van der Waals surface area contributed by atoms with E-state index in [0.717, 1.165) is 0 Å². The van der Waals surface area contributed by atoms with Crippen LogP contribution in [0, 0.1) is 0 Å². The minimum Gasteiger partial charge on any atom is -0.504 e. The maximum absolute atomic E-state index is 9.40. The highest BCUT2D eigenvalue weighted by Gasteiger charge is 2.11. The van der Waals surface area contributed by atoms with E-state index in [2.05, 4.69) is 0 Å². The second-order valence-electron chi connectivity index (χ2n) is 3.33. The molecule has 0 aromatic heterocycles. The molecule has 1 atom stereocenters. The molecule has 0 spiro atoms. The number of rotatable bonds is 3. The molecular formula is C10H14O4. The Bertz CT molecular complexity index is 320. The number of hydrogen-bond donors (Lipinski definition) is 4. The van der Waals surface area contributed by atoms with Crippen molar-refractivity contribution in [2.24, 2.45) is 0 Å². The van der Waals surface area contributed by atoms with Gasteiger partial charge in [-0.3, -0.25) is 0 Å². The van der Waals surface area contributed by atoms with Crippen molar-refractivity contribution >= 4 is 0 Å². The minimum atomic E-state index is -0.506. The fourth-order valence-electron chi connectivity index (χ4n) is 1.18. The number of phenols is 3. The number of aliphatic hydroxyl groups excluding tert-OH is 1. The third kappa shape index (κ3) is 2.29. The first-order valence-electron chi connectivity index (χ1n) is 4.43. The number of benzene rings is 1. The molecule has 1 aromatic carbocycles. The molecule has 0 aliphatic heterocycles. The Morgan fingerprint density at radius 2 is 1.79 bits per heavy atom. The van der Waals surface area contributed by atoms with Gasteiger partial charge in [0.2, 0.25) is 5.75 Å². The highest BCUT2D eigenvalue weighted by atomic mass is 16.3. The van der Waals surface area contributed by atoms with Crippen LogP contribution in [0.4, 0.5) is 0 Å². The Kier molecular flexibility index (Phi) is 3.19. The summed E-state index contributed by atoms with van der Waals surface area (Å²) in [7, 11) is 0. The van der Waals surface area contributed by atoms with Gasteiger partial charge < -0.3 is 20.4 Å². The van der Waals surface area contributed by atoms with Gasteiger partial charge in [-0.15, -0.1) is 0 Å². The van der Waals surface area contributed by atoms with Gasteiger partial charge >= 0.3 is 0 Å². The largest absolute Gasteiger partial charge is 0.504 e. The van der Waals surface area contributed by atoms with Crippen LogP contribution < -0.4 is 0 Å². The van der Waals surface area contributed by atoms with Crippen molar-refractivity contribution in [2.75, 3.05) is 0 Å². The van der Waals surface area contributed by atoms with Crippen molar-refractivity contribution in [1.82, 2.24) is 0 Å². The van der Waals surface area contributed by atoms with Gasteiger partial charge in [0.05, 0.1) is 6.10 Å². The quantitative estimate of drug-likeness (QED) is 0.548. The zero-order chi connectivity index (χ0) is 10.7. The van der Waals surface area contributed by atoms with Gasteiger partial charge in [-0.25, -0.2) is 0 Å². The molecule has 0 saturated heterocycles. The Hall–Kier alpha value is -1.42. The van der Waals surface area contributed by atoms with E-state index < -0.39 is 11.9 Å². The molecule has 0 fully saturated rings. The van der Waals surface area contributed by atoms with Crippen LogP contribution in [-0.2, 0) is 6.42 Å². The topological polar surface area (TPSA) is 80.9 Å². The lowest BCUT2D eigenvalue weighted by Gasteiger charge is -2.08. The van der Waals surface area contributed by atoms with Crippen molar-refractivity contribution in [1.29, 1.82) is 0 Å². The van der Waals surface area contributed by atoms with Crippen molar-refractivity contribution in [3.8, 4) is 17.2 Å². The summed E-state index contributed by atoms with van der Waals surface area (Å²) in [6.07, 6.45) is 0.500. The fourth-order valence-corrected chi connectivity index (χ4v) is 1.18. The third-order valence-electron chi connectivity index (χ3n) is 2.04. The molecule has 0 radical (unpaired) electrons. The van der Waals surface area contributed by atoms with E-state index >= 15 is 0 Å². The second-order valence-corrected chi connectivity index (χ2v) is 3.33. The molecule has 4 heteroatoms. The van der Waals surface area contributed by atoms with Crippen LogP contribution >= 0.6 is 0 Å². The van der Waals surface area contributed by atoms with E-state index in [-0.39, 0.29) is 11.5 Å². The van der Waals surface area contributed by atoms with E-state index in [1.54, 1.807) is 6.92 Å². The number of hydrogen-bond acceptors (Lipinski definition) is 4. The highest BCUT2D eigenvalue weighted by molar-refractivity contribution is 5.53. The summed E-state index contributed by atoms with van der Waals surface area (Å²) >= 11 is 0. The van der Waals surface area contributed by atoms with Crippen molar-refractivity contribution in [3.63, 3.8) is 0 Å². The summed E-state index contributed by atoms with van der Waals surface area (Å²) in [6, 6.07) is 2.83. The lowest BCUT2D eigenvalue weighted by Crippen LogP contribution is -2.01. The highest BCUT2D eigenvalue weighted by Crippen LogP contribution is 2.37. The van der Waals surface area contributed by atoms with Crippen LogP contribution in [0.3, 0.4) is 0 Å². The van der Waals surface area contributed by atoms with Crippen LogP contribution in [0.2, 0.25) is 0 Å². The fraction of sp³-hybridized carbons (Fsp3) is 0.400. The summed E-state index contributed by atoms with van der Waals surface area (Å²) in [5.41, 5.74) is 0.515. The zero-order valence-corrected chi connectivity index (χ0v) is 7.94. The summed E-state index contributed by atoms with van der Waals surface area (Å²) in [5, 5.41) is 36.7. The summed E-state index contributed by atoms with van der Waals surface area (Å²) in [4.78, 5) is 0. The van der Waals surface area contributed by atoms with Crippen LogP contribution in [0.5, 0.6) is 17.2 Å². The molecule has 0 saturated carbocycles. The summed E-state index contributed by atoms with van der Waals surface area (Å²) in [5.74, 6) is -1.16. The van der Waals surface area contributed by atoms with Crippen molar-refractivity contribution in [2.45, 2.75) is 25.9 Å². The van der Waals surface area contributed by atoms with E-state index in [9.17, 15) is 10.2 Å². The van der Waals surface area contributed by atoms with Gasteiger partial charge in [0.15, 0.2) is 11.5 Å². The van der Waals surface area contributed by atoms with Crippen LogP contribution in [0.25, 0.3) is 0 Å². The average molecular weight is 198 g/mol. The van der Waals surface area contributed by atoms with Crippen LogP contribution in [0.1, 0.15) is 18.9 Å². The van der Waals surface area contributed by atoms with E-state index in [1.165, 1.54) is 12.1 Å². The molecule has 14 heavy (non-hydrogen) atoms. The standard InChI is InChI=1S/C10H14O4/c1-6(11)2-3-7-4-5-8(12)10(14)9(7)13/h4-6,11-14H,2-3H2,1H3/t6-/m1/s1. The molecular weight excluding hydrogens is 184 g/mol. The van der Waals surface area contributed by atoms with Crippen LogP contribution in [-0.4, -0.2) is 26.5 Å². The van der Waals surface area contributed by atoms with Gasteiger partial charge in [-0.1, -0.05) is 6.07 Å². The van der Waals surface area contributed by atoms with Gasteiger partial charge in [0.1, 0.15) is 0 Å². The molecule has 0 aliphatic carbocycles. The molecule has 1 rings (SSSR count). The molecule has 0 unspecified atom stereocenters.